The minimum absolute atomic E-state index is 0.185. The summed E-state index contributed by atoms with van der Waals surface area (Å²) in [6.45, 7) is 0. The lowest BCUT2D eigenvalue weighted by Crippen LogP contribution is -2.56. The van der Waals surface area contributed by atoms with Crippen molar-refractivity contribution >= 4 is 97.9 Å². The molecule has 1 atom stereocenters. The molecule has 138 valence electrons. The number of thiocarbonyl (C=S) groups is 1. The number of benzene rings is 2. The molecule has 0 saturated heterocycles. The first-order valence-electron chi connectivity index (χ1n) is 7.12. The molecule has 10 heteroatoms. The fourth-order valence-electron chi connectivity index (χ4n) is 1.91. The normalized spacial score (nSPS) is 12.2. The van der Waals surface area contributed by atoms with E-state index in [-0.39, 0.29) is 15.7 Å². The van der Waals surface area contributed by atoms with Gasteiger partial charge in [-0.3, -0.25) is 4.79 Å². The summed E-state index contributed by atoms with van der Waals surface area (Å²) in [5.41, 5.74) is 1.04. The Bertz CT molecular complexity index is 816. The Labute approximate surface area is 190 Å². The maximum absolute atomic E-state index is 12.4. The van der Waals surface area contributed by atoms with Crippen molar-refractivity contribution < 1.29 is 4.79 Å². The molecule has 3 N–H and O–H groups in total. The van der Waals surface area contributed by atoms with E-state index in [1.165, 1.54) is 0 Å². The SMILES string of the molecule is O=C(N[C@@H](NC(=S)Nc1ccccc1I)C(Cl)(Cl)Cl)c1ccccc1Cl. The monoisotopic (exact) mass is 561 g/mol. The predicted octanol–water partition coefficient (Wildman–Crippen LogP) is 5.36. The third kappa shape index (κ3) is 6.28. The van der Waals surface area contributed by atoms with Gasteiger partial charge in [-0.25, -0.2) is 0 Å². The van der Waals surface area contributed by atoms with Crippen molar-refractivity contribution in [1.29, 1.82) is 0 Å². The third-order valence-corrected chi connectivity index (χ3v) is 5.26. The highest BCUT2D eigenvalue weighted by Gasteiger charge is 2.35. The number of amides is 1. The fourth-order valence-corrected chi connectivity index (χ4v) is 3.20. The molecule has 0 aliphatic carbocycles. The van der Waals surface area contributed by atoms with E-state index in [0.29, 0.717) is 0 Å². The number of hydrogen-bond acceptors (Lipinski definition) is 2. The number of alkyl halides is 3. The summed E-state index contributed by atoms with van der Waals surface area (Å²) in [4.78, 5) is 12.4. The molecule has 0 aliphatic rings. The molecule has 0 saturated carbocycles. The van der Waals surface area contributed by atoms with E-state index < -0.39 is 15.9 Å². The maximum atomic E-state index is 12.4. The highest BCUT2D eigenvalue weighted by atomic mass is 127. The molecule has 0 aliphatic heterocycles. The Kier molecular flexibility index (Phi) is 8.06. The second-order valence-corrected chi connectivity index (χ2v) is 9.35. The maximum Gasteiger partial charge on any atom is 0.254 e. The van der Waals surface area contributed by atoms with Crippen LogP contribution in [0, 0.1) is 3.57 Å². The average Bonchev–Trinajstić information content (AvgIpc) is 2.56. The first kappa shape index (κ1) is 21.8. The van der Waals surface area contributed by atoms with Crippen molar-refractivity contribution in [3.8, 4) is 0 Å². The highest BCUT2D eigenvalue weighted by molar-refractivity contribution is 14.1. The van der Waals surface area contributed by atoms with E-state index in [1.54, 1.807) is 24.3 Å². The predicted molar refractivity (Wildman–Crippen MR) is 122 cm³/mol. The first-order chi connectivity index (χ1) is 12.2. The number of para-hydroxylation sites is 1. The van der Waals surface area contributed by atoms with Crippen LogP contribution in [0.1, 0.15) is 10.4 Å². The Morgan fingerprint density at radius 3 is 2.27 bits per heavy atom. The van der Waals surface area contributed by atoms with Gasteiger partial charge in [-0.2, -0.15) is 0 Å². The zero-order valence-electron chi connectivity index (χ0n) is 12.9. The minimum Gasteiger partial charge on any atom is -0.339 e. The number of carbonyl (C=O) groups excluding carboxylic acids is 1. The van der Waals surface area contributed by atoms with Crippen molar-refractivity contribution in [2.45, 2.75) is 9.96 Å². The van der Waals surface area contributed by atoms with Gasteiger partial charge in [-0.15, -0.1) is 0 Å². The molecule has 4 nitrogen and oxygen atoms in total. The zero-order chi connectivity index (χ0) is 19.3. The summed E-state index contributed by atoms with van der Waals surface area (Å²) in [6, 6.07) is 14.1. The number of hydrogen-bond donors (Lipinski definition) is 3. The molecular weight excluding hydrogens is 551 g/mol. The van der Waals surface area contributed by atoms with Crippen molar-refractivity contribution in [3.05, 3.63) is 62.7 Å². The minimum atomic E-state index is -1.85. The Morgan fingerprint density at radius 2 is 1.65 bits per heavy atom. The van der Waals surface area contributed by atoms with Crippen LogP contribution in [0.3, 0.4) is 0 Å². The fraction of sp³-hybridized carbons (Fsp3) is 0.125. The van der Waals surface area contributed by atoms with Gasteiger partial charge in [0.2, 0.25) is 3.79 Å². The standard InChI is InChI=1S/C16H12Cl4IN3OS/c17-10-6-2-1-5-9(10)13(25)23-14(16(18,19)20)24-15(26)22-12-8-4-3-7-11(12)21/h1-8,14H,(H,23,25)(H2,22,24,26)/t14-/m0/s1. The van der Waals surface area contributed by atoms with Gasteiger partial charge in [0.1, 0.15) is 6.17 Å². The summed E-state index contributed by atoms with van der Waals surface area (Å²) in [5, 5.41) is 8.85. The van der Waals surface area contributed by atoms with E-state index in [4.69, 9.17) is 58.6 Å². The largest absolute Gasteiger partial charge is 0.339 e. The summed E-state index contributed by atoms with van der Waals surface area (Å²) in [5.74, 6) is -0.503. The van der Waals surface area contributed by atoms with Crippen LogP contribution < -0.4 is 16.0 Å². The van der Waals surface area contributed by atoms with Gasteiger partial charge < -0.3 is 16.0 Å². The number of rotatable bonds is 4. The lowest BCUT2D eigenvalue weighted by atomic mass is 10.2. The van der Waals surface area contributed by atoms with E-state index in [2.05, 4.69) is 38.5 Å². The molecule has 2 aromatic carbocycles. The van der Waals surface area contributed by atoms with Gasteiger partial charge >= 0.3 is 0 Å². The third-order valence-electron chi connectivity index (χ3n) is 3.12. The van der Waals surface area contributed by atoms with Gasteiger partial charge in [0.15, 0.2) is 5.11 Å². The lowest BCUT2D eigenvalue weighted by molar-refractivity contribution is 0.0934. The van der Waals surface area contributed by atoms with Crippen molar-refractivity contribution in [2.24, 2.45) is 0 Å². The van der Waals surface area contributed by atoms with Gasteiger partial charge in [0.25, 0.3) is 5.91 Å². The quantitative estimate of drug-likeness (QED) is 0.203. The molecule has 0 heterocycles. The Morgan fingerprint density at radius 1 is 1.04 bits per heavy atom. The molecule has 2 aromatic rings. The first-order valence-corrected chi connectivity index (χ1v) is 10.1. The summed E-state index contributed by atoms with van der Waals surface area (Å²) >= 11 is 31.4. The number of nitrogens with one attached hydrogen (secondary N) is 3. The van der Waals surface area contributed by atoms with E-state index >= 15 is 0 Å². The second-order valence-electron chi connectivity index (χ2n) is 5.01. The van der Waals surface area contributed by atoms with Gasteiger partial charge in [-0.1, -0.05) is 70.7 Å². The van der Waals surface area contributed by atoms with Crippen LogP contribution in [0.5, 0.6) is 0 Å². The summed E-state index contributed by atoms with van der Waals surface area (Å²) < 4.78 is -0.897. The molecule has 0 bridgehead atoms. The van der Waals surface area contributed by atoms with Crippen LogP contribution in [0.2, 0.25) is 5.02 Å². The Hall–Kier alpha value is -0.510. The molecule has 0 unspecified atom stereocenters. The highest BCUT2D eigenvalue weighted by Crippen LogP contribution is 2.29. The van der Waals surface area contributed by atoms with E-state index in [9.17, 15) is 4.79 Å². The van der Waals surface area contributed by atoms with E-state index in [0.717, 1.165) is 9.26 Å². The molecule has 0 spiro atoms. The summed E-state index contributed by atoms with van der Waals surface area (Å²) in [7, 11) is 0. The molecule has 0 radical (unpaired) electrons. The number of halogens is 5. The van der Waals surface area contributed by atoms with E-state index in [1.807, 2.05) is 24.3 Å². The molecule has 0 aromatic heterocycles. The topological polar surface area (TPSA) is 53.2 Å². The molecular formula is C16H12Cl4IN3OS. The number of carbonyl (C=O) groups is 1. The smallest absolute Gasteiger partial charge is 0.254 e. The van der Waals surface area contributed by atoms with Gasteiger partial charge in [-0.05, 0) is 59.1 Å². The van der Waals surface area contributed by atoms with Crippen LogP contribution in [-0.4, -0.2) is 21.0 Å². The number of anilines is 1. The molecule has 0 fully saturated rings. The average molecular weight is 563 g/mol. The summed E-state index contributed by atoms with van der Waals surface area (Å²) in [6.07, 6.45) is -1.09. The van der Waals surface area contributed by atoms with Gasteiger partial charge in [0, 0.05) is 3.57 Å². The van der Waals surface area contributed by atoms with Gasteiger partial charge in [0.05, 0.1) is 16.3 Å². The molecule has 1 amide bonds. The molecule has 26 heavy (non-hydrogen) atoms. The van der Waals surface area contributed by atoms with Crippen molar-refractivity contribution in [1.82, 2.24) is 10.6 Å². The van der Waals surface area contributed by atoms with Crippen LogP contribution in [-0.2, 0) is 0 Å². The zero-order valence-corrected chi connectivity index (χ0v) is 18.9. The van der Waals surface area contributed by atoms with Crippen LogP contribution >= 0.6 is 81.2 Å². The van der Waals surface area contributed by atoms with Crippen LogP contribution in [0.25, 0.3) is 0 Å². The van der Waals surface area contributed by atoms with Crippen LogP contribution in [0.4, 0.5) is 5.69 Å². The lowest BCUT2D eigenvalue weighted by Gasteiger charge is -2.28. The van der Waals surface area contributed by atoms with Crippen molar-refractivity contribution in [2.75, 3.05) is 5.32 Å². The van der Waals surface area contributed by atoms with Crippen molar-refractivity contribution in [3.63, 3.8) is 0 Å². The second kappa shape index (κ2) is 9.61. The molecule has 2 rings (SSSR count). The Balaban J connectivity index is 2.10. The van der Waals surface area contributed by atoms with Crippen LogP contribution in [0.15, 0.2) is 48.5 Å².